The summed E-state index contributed by atoms with van der Waals surface area (Å²) < 4.78 is 35.0. The number of carbonyl (C=O) groups is 2. The van der Waals surface area contributed by atoms with E-state index in [9.17, 15) is 18.4 Å². The first-order valence-corrected chi connectivity index (χ1v) is 13.0. The number of carbonyl (C=O) groups excluding carboxylic acids is 2. The summed E-state index contributed by atoms with van der Waals surface area (Å²) in [6.45, 7) is 3.29. The third-order valence-electron chi connectivity index (χ3n) is 7.13. The Morgan fingerprint density at radius 1 is 1.03 bits per heavy atom. The van der Waals surface area contributed by atoms with Crippen LogP contribution in [0.4, 0.5) is 8.78 Å². The summed E-state index contributed by atoms with van der Waals surface area (Å²) in [5.74, 6) is -1.69. The molecule has 1 aromatic heterocycles. The van der Waals surface area contributed by atoms with E-state index in [1.807, 2.05) is 29.9 Å². The van der Waals surface area contributed by atoms with Gasteiger partial charge < -0.3 is 14.2 Å². The number of hydrogen-bond donors (Lipinski definition) is 0. The Labute approximate surface area is 226 Å². The molecule has 2 aliphatic rings. The highest BCUT2D eigenvalue weighted by molar-refractivity contribution is 6.02. The number of amides is 2. The van der Waals surface area contributed by atoms with E-state index in [1.54, 1.807) is 18.2 Å². The molecule has 0 N–H and O–H groups in total. The van der Waals surface area contributed by atoms with Gasteiger partial charge in [0, 0.05) is 51.4 Å². The minimum Gasteiger partial charge on any atom is -0.379 e. The van der Waals surface area contributed by atoms with E-state index < -0.39 is 17.8 Å². The monoisotopic (exact) mass is 535 g/mol. The molecule has 2 aromatic carbocycles. The molecule has 8 nitrogen and oxygen atoms in total. The minimum absolute atomic E-state index is 0.175. The zero-order valence-corrected chi connectivity index (χ0v) is 21.8. The predicted octanol–water partition coefficient (Wildman–Crippen LogP) is 3.46. The summed E-state index contributed by atoms with van der Waals surface area (Å²) in [5, 5.41) is 6.08. The third kappa shape index (κ3) is 6.23. The molecule has 0 saturated carbocycles. The van der Waals surface area contributed by atoms with Gasteiger partial charge in [0.25, 0.3) is 11.8 Å². The van der Waals surface area contributed by atoms with Gasteiger partial charge in [0.15, 0.2) is 0 Å². The van der Waals surface area contributed by atoms with Gasteiger partial charge in [-0.25, -0.2) is 13.8 Å². The number of hydrazone groups is 1. The number of morpholine rings is 1. The smallest absolute Gasteiger partial charge is 0.262 e. The van der Waals surface area contributed by atoms with Crippen molar-refractivity contribution < 1.29 is 23.1 Å². The zero-order chi connectivity index (χ0) is 27.4. The molecule has 10 heteroatoms. The fourth-order valence-electron chi connectivity index (χ4n) is 4.98. The molecule has 2 amide bonds. The van der Waals surface area contributed by atoms with E-state index in [0.29, 0.717) is 26.2 Å². The second kappa shape index (κ2) is 11.9. The number of aryl methyl sites for hydroxylation is 1. The van der Waals surface area contributed by atoms with Crippen molar-refractivity contribution in [3.8, 4) is 0 Å². The molecular weight excluding hydrogens is 504 g/mol. The molecule has 1 fully saturated rings. The topological polar surface area (TPSA) is 70.4 Å². The summed E-state index contributed by atoms with van der Waals surface area (Å²) in [4.78, 5) is 30.9. The van der Waals surface area contributed by atoms with Crippen LogP contribution in [0.3, 0.4) is 0 Å². The Kier molecular flexibility index (Phi) is 8.13. The molecule has 0 radical (unpaired) electrons. The van der Waals surface area contributed by atoms with E-state index in [2.05, 4.69) is 10.0 Å². The Bertz CT molecular complexity index is 1350. The lowest BCUT2D eigenvalue weighted by atomic mass is 10.0. The highest BCUT2D eigenvalue weighted by atomic mass is 19.1. The SMILES string of the molecule is Cn1cccc1C1=NN(C(=O)CN(CCN2CCOCC2)C(=O)c2cccc(F)c2)[C@H](c2ccc(F)cc2)C1. The van der Waals surface area contributed by atoms with Gasteiger partial charge in [-0.05, 0) is 48.0 Å². The number of benzene rings is 2. The molecular formula is C29H31F2N5O3. The first-order chi connectivity index (χ1) is 18.9. The largest absolute Gasteiger partial charge is 0.379 e. The van der Waals surface area contributed by atoms with Crippen LogP contribution in [-0.2, 0) is 16.6 Å². The maximum Gasteiger partial charge on any atom is 0.262 e. The van der Waals surface area contributed by atoms with Crippen LogP contribution < -0.4 is 0 Å². The molecule has 0 aliphatic carbocycles. The van der Waals surface area contributed by atoms with Crippen LogP contribution in [0.5, 0.6) is 0 Å². The molecule has 0 bridgehead atoms. The van der Waals surface area contributed by atoms with Crippen molar-refractivity contribution >= 4 is 17.5 Å². The lowest BCUT2D eigenvalue weighted by Gasteiger charge is -2.31. The fraction of sp³-hybridized carbons (Fsp3) is 0.345. The number of hydrogen-bond acceptors (Lipinski definition) is 5. The molecule has 3 aromatic rings. The van der Waals surface area contributed by atoms with E-state index >= 15 is 0 Å². The van der Waals surface area contributed by atoms with Crippen LogP contribution in [-0.4, -0.2) is 82.8 Å². The summed E-state index contributed by atoms with van der Waals surface area (Å²) in [7, 11) is 1.90. The van der Waals surface area contributed by atoms with E-state index in [1.165, 1.54) is 40.2 Å². The zero-order valence-electron chi connectivity index (χ0n) is 21.8. The Balaban J connectivity index is 1.41. The predicted molar refractivity (Wildman–Crippen MR) is 142 cm³/mol. The quantitative estimate of drug-likeness (QED) is 0.443. The first kappa shape index (κ1) is 26.7. The molecule has 0 unspecified atom stereocenters. The lowest BCUT2D eigenvalue weighted by molar-refractivity contribution is -0.133. The van der Waals surface area contributed by atoms with Gasteiger partial charge in [-0.1, -0.05) is 18.2 Å². The Hall–Kier alpha value is -3.89. The Morgan fingerprint density at radius 3 is 2.49 bits per heavy atom. The van der Waals surface area contributed by atoms with Crippen LogP contribution in [0.2, 0.25) is 0 Å². The van der Waals surface area contributed by atoms with Crippen molar-refractivity contribution in [2.24, 2.45) is 12.1 Å². The maximum absolute atomic E-state index is 13.9. The number of nitrogens with zero attached hydrogens (tertiary/aromatic N) is 5. The third-order valence-corrected chi connectivity index (χ3v) is 7.13. The number of rotatable bonds is 8. The maximum atomic E-state index is 13.9. The van der Waals surface area contributed by atoms with Gasteiger partial charge in [-0.3, -0.25) is 14.5 Å². The summed E-state index contributed by atoms with van der Waals surface area (Å²) >= 11 is 0. The molecule has 1 atom stereocenters. The van der Waals surface area contributed by atoms with Gasteiger partial charge in [0.05, 0.1) is 30.7 Å². The van der Waals surface area contributed by atoms with Crippen molar-refractivity contribution in [1.29, 1.82) is 0 Å². The number of ether oxygens (including phenoxy) is 1. The van der Waals surface area contributed by atoms with Gasteiger partial charge in [0.2, 0.25) is 0 Å². The lowest BCUT2D eigenvalue weighted by Crippen LogP contribution is -2.46. The second-order valence-electron chi connectivity index (χ2n) is 9.75. The summed E-state index contributed by atoms with van der Waals surface area (Å²) in [6.07, 6.45) is 2.35. The standard InChI is InChI=1S/C29H31F2N5O3/c1-33-11-3-6-26(33)25-19-27(21-7-9-23(30)10-8-21)36(32-25)28(37)20-35(13-12-34-14-16-39-17-15-34)29(38)22-4-2-5-24(31)18-22/h2-11,18,27H,12-17,19-20H2,1H3/t27-/m0/s1. The van der Waals surface area contributed by atoms with Crippen molar-refractivity contribution in [3.05, 3.63) is 95.3 Å². The minimum atomic E-state index is -0.520. The van der Waals surface area contributed by atoms with E-state index in [4.69, 9.17) is 4.74 Å². The van der Waals surface area contributed by atoms with Crippen LogP contribution in [0.15, 0.2) is 72.0 Å². The highest BCUT2D eigenvalue weighted by Crippen LogP contribution is 2.33. The van der Waals surface area contributed by atoms with Gasteiger partial charge >= 0.3 is 0 Å². The van der Waals surface area contributed by atoms with Gasteiger partial charge in [-0.15, -0.1) is 0 Å². The van der Waals surface area contributed by atoms with E-state index in [-0.39, 0.29) is 30.4 Å². The van der Waals surface area contributed by atoms with Crippen LogP contribution in [0, 0.1) is 11.6 Å². The van der Waals surface area contributed by atoms with Crippen molar-refractivity contribution in [2.45, 2.75) is 12.5 Å². The summed E-state index contributed by atoms with van der Waals surface area (Å²) in [5.41, 5.74) is 2.52. The van der Waals surface area contributed by atoms with Crippen molar-refractivity contribution in [1.82, 2.24) is 19.4 Å². The van der Waals surface area contributed by atoms with Crippen molar-refractivity contribution in [2.75, 3.05) is 45.9 Å². The number of aromatic nitrogens is 1. The molecule has 2 aliphatic heterocycles. The highest BCUT2D eigenvalue weighted by Gasteiger charge is 2.35. The normalized spacial score (nSPS) is 17.8. The fourth-order valence-corrected chi connectivity index (χ4v) is 4.98. The van der Waals surface area contributed by atoms with Crippen LogP contribution in [0.25, 0.3) is 0 Å². The molecule has 5 rings (SSSR count). The van der Waals surface area contributed by atoms with Crippen LogP contribution >= 0.6 is 0 Å². The van der Waals surface area contributed by atoms with Crippen LogP contribution in [0.1, 0.15) is 34.1 Å². The molecule has 3 heterocycles. The first-order valence-electron chi connectivity index (χ1n) is 13.0. The molecule has 1 saturated heterocycles. The van der Waals surface area contributed by atoms with Crippen molar-refractivity contribution in [3.63, 3.8) is 0 Å². The Morgan fingerprint density at radius 2 is 1.79 bits per heavy atom. The second-order valence-corrected chi connectivity index (χ2v) is 9.75. The molecule has 204 valence electrons. The van der Waals surface area contributed by atoms with Gasteiger partial charge in [0.1, 0.15) is 18.2 Å². The summed E-state index contributed by atoms with van der Waals surface area (Å²) in [6, 6.07) is 14.9. The average molecular weight is 536 g/mol. The number of halogens is 2. The average Bonchev–Trinajstić information content (AvgIpc) is 3.58. The van der Waals surface area contributed by atoms with Gasteiger partial charge in [-0.2, -0.15) is 5.10 Å². The molecule has 0 spiro atoms. The molecule has 39 heavy (non-hydrogen) atoms. The van der Waals surface area contributed by atoms with E-state index in [0.717, 1.165) is 30.1 Å².